The molecule has 3 rings (SSSR count). The molecule has 0 radical (unpaired) electrons. The summed E-state index contributed by atoms with van der Waals surface area (Å²) in [5, 5.41) is 11.1. The van der Waals surface area contributed by atoms with E-state index in [1.54, 1.807) is 29.2 Å². The molecule has 0 spiro atoms. The zero-order valence-electron chi connectivity index (χ0n) is 19.2. The maximum atomic E-state index is 13.1. The maximum absolute atomic E-state index is 13.1. The van der Waals surface area contributed by atoms with Gasteiger partial charge in [0.2, 0.25) is 0 Å². The smallest absolute Gasteiger partial charge is 0.295 e. The first-order valence-electron chi connectivity index (χ1n) is 11.0. The van der Waals surface area contributed by atoms with Crippen LogP contribution in [0, 0.1) is 5.92 Å². The molecule has 170 valence electrons. The number of Topliss-reactive ketones (excluding diaryl/α,β-unsaturated/α-hetero) is 1. The van der Waals surface area contributed by atoms with Crippen molar-refractivity contribution in [1.82, 2.24) is 9.80 Å². The van der Waals surface area contributed by atoms with E-state index in [1.807, 2.05) is 49.3 Å². The molecule has 1 fully saturated rings. The molecule has 0 aromatic heterocycles. The number of ketones is 1. The van der Waals surface area contributed by atoms with Crippen LogP contribution in [0.1, 0.15) is 37.4 Å². The summed E-state index contributed by atoms with van der Waals surface area (Å²) in [5.74, 6) is -0.352. The van der Waals surface area contributed by atoms with Crippen LogP contribution in [0.15, 0.2) is 60.2 Å². The third-order valence-electron chi connectivity index (χ3n) is 5.35. The highest BCUT2D eigenvalue weighted by atomic mass is 16.5. The molecule has 1 unspecified atom stereocenters. The number of nitrogens with zero attached hydrogens (tertiary/aromatic N) is 2. The van der Waals surface area contributed by atoms with Crippen molar-refractivity contribution in [1.29, 1.82) is 0 Å². The Hall–Kier alpha value is -3.12. The van der Waals surface area contributed by atoms with E-state index < -0.39 is 17.7 Å². The molecule has 0 aliphatic carbocycles. The Morgan fingerprint density at radius 2 is 1.81 bits per heavy atom. The van der Waals surface area contributed by atoms with Gasteiger partial charge in [0.1, 0.15) is 11.5 Å². The van der Waals surface area contributed by atoms with E-state index in [0.29, 0.717) is 36.8 Å². The molecule has 1 saturated heterocycles. The van der Waals surface area contributed by atoms with E-state index in [0.717, 1.165) is 12.1 Å². The Kier molecular flexibility index (Phi) is 7.70. The zero-order chi connectivity index (χ0) is 23.3. The summed E-state index contributed by atoms with van der Waals surface area (Å²) in [7, 11) is 3.94. The van der Waals surface area contributed by atoms with Gasteiger partial charge in [-0.3, -0.25) is 9.59 Å². The number of benzene rings is 2. The standard InChI is InChI=1S/C26H32N2O4/c1-18(2)17-32-21-13-8-12-20(16-21)23-22(24(29)19-10-6-5-7-11-19)25(30)26(31)28(23)15-9-14-27(3)4/h5-8,10-13,16,18,23,29H,9,14-15,17H2,1-4H3/b24-22-. The lowest BCUT2D eigenvalue weighted by Crippen LogP contribution is -2.32. The van der Waals surface area contributed by atoms with Crippen LogP contribution in [0.25, 0.3) is 5.76 Å². The fraction of sp³-hybridized carbons (Fsp3) is 0.385. The van der Waals surface area contributed by atoms with E-state index in [-0.39, 0.29) is 11.3 Å². The van der Waals surface area contributed by atoms with Crippen molar-refractivity contribution in [2.24, 2.45) is 5.92 Å². The zero-order valence-corrected chi connectivity index (χ0v) is 19.2. The average molecular weight is 437 g/mol. The predicted octanol–water partition coefficient (Wildman–Crippen LogP) is 4.09. The Morgan fingerprint density at radius 1 is 1.09 bits per heavy atom. The average Bonchev–Trinajstić information content (AvgIpc) is 3.03. The van der Waals surface area contributed by atoms with E-state index >= 15 is 0 Å². The van der Waals surface area contributed by atoms with Gasteiger partial charge in [0.05, 0.1) is 18.2 Å². The van der Waals surface area contributed by atoms with Crippen LogP contribution in [0.5, 0.6) is 5.75 Å². The van der Waals surface area contributed by atoms with E-state index in [1.165, 1.54) is 0 Å². The van der Waals surface area contributed by atoms with Crippen molar-refractivity contribution < 1.29 is 19.4 Å². The molecule has 32 heavy (non-hydrogen) atoms. The summed E-state index contributed by atoms with van der Waals surface area (Å²) in [4.78, 5) is 29.7. The van der Waals surface area contributed by atoms with Crippen LogP contribution in [0.2, 0.25) is 0 Å². The second kappa shape index (κ2) is 10.5. The van der Waals surface area contributed by atoms with Gasteiger partial charge in [-0.1, -0.05) is 56.3 Å². The third kappa shape index (κ3) is 5.37. The van der Waals surface area contributed by atoms with E-state index in [2.05, 4.69) is 13.8 Å². The molecule has 0 bridgehead atoms. The van der Waals surface area contributed by atoms with Crippen LogP contribution in [-0.2, 0) is 9.59 Å². The molecule has 1 aliphatic heterocycles. The minimum atomic E-state index is -0.667. The summed E-state index contributed by atoms with van der Waals surface area (Å²) >= 11 is 0. The van der Waals surface area contributed by atoms with Gasteiger partial charge in [0, 0.05) is 12.1 Å². The van der Waals surface area contributed by atoms with Crippen LogP contribution in [0.4, 0.5) is 0 Å². The summed E-state index contributed by atoms with van der Waals surface area (Å²) in [6.07, 6.45) is 0.714. The number of carbonyl (C=O) groups excluding carboxylic acids is 2. The monoisotopic (exact) mass is 436 g/mol. The van der Waals surface area contributed by atoms with Gasteiger partial charge in [-0.15, -0.1) is 0 Å². The van der Waals surface area contributed by atoms with E-state index in [4.69, 9.17) is 4.74 Å². The number of carbonyl (C=O) groups is 2. The van der Waals surface area contributed by atoms with Crippen molar-refractivity contribution in [3.63, 3.8) is 0 Å². The first-order valence-corrected chi connectivity index (χ1v) is 11.0. The highest BCUT2D eigenvalue weighted by Crippen LogP contribution is 2.40. The Labute approximate surface area is 190 Å². The molecule has 1 atom stereocenters. The number of ether oxygens (including phenoxy) is 1. The SMILES string of the molecule is CC(C)COc1cccc(C2/C(=C(/O)c3ccccc3)C(=O)C(=O)N2CCCN(C)C)c1. The second-order valence-corrected chi connectivity index (χ2v) is 8.79. The molecule has 1 heterocycles. The van der Waals surface area contributed by atoms with Gasteiger partial charge in [0.15, 0.2) is 0 Å². The lowest BCUT2D eigenvalue weighted by Gasteiger charge is -2.26. The lowest BCUT2D eigenvalue weighted by atomic mass is 9.95. The van der Waals surface area contributed by atoms with Gasteiger partial charge < -0.3 is 19.6 Å². The van der Waals surface area contributed by atoms with E-state index in [9.17, 15) is 14.7 Å². The molecule has 2 aromatic carbocycles. The largest absolute Gasteiger partial charge is 0.507 e. The van der Waals surface area contributed by atoms with Crippen LogP contribution in [0.3, 0.4) is 0 Å². The first-order chi connectivity index (χ1) is 15.3. The van der Waals surface area contributed by atoms with Gasteiger partial charge in [-0.25, -0.2) is 0 Å². The van der Waals surface area contributed by atoms with Crippen LogP contribution >= 0.6 is 0 Å². The van der Waals surface area contributed by atoms with Gasteiger partial charge >= 0.3 is 0 Å². The molecular formula is C26H32N2O4. The Bertz CT molecular complexity index is 982. The second-order valence-electron chi connectivity index (χ2n) is 8.79. The molecule has 6 heteroatoms. The fourth-order valence-electron chi connectivity index (χ4n) is 3.80. The van der Waals surface area contributed by atoms with Crippen molar-refractivity contribution in [2.45, 2.75) is 26.3 Å². The molecular weight excluding hydrogens is 404 g/mol. The van der Waals surface area contributed by atoms with Gasteiger partial charge in [-0.05, 0) is 50.7 Å². The topological polar surface area (TPSA) is 70.1 Å². The predicted molar refractivity (Wildman–Crippen MR) is 125 cm³/mol. The number of likely N-dealkylation sites (tertiary alicyclic amines) is 1. The molecule has 1 amide bonds. The van der Waals surface area contributed by atoms with Crippen LogP contribution < -0.4 is 4.74 Å². The highest BCUT2D eigenvalue weighted by molar-refractivity contribution is 6.46. The number of rotatable bonds is 9. The molecule has 6 nitrogen and oxygen atoms in total. The molecule has 1 N–H and O–H groups in total. The number of aliphatic hydroxyl groups excluding tert-OH is 1. The summed E-state index contributed by atoms with van der Waals surface area (Å²) in [6.45, 7) is 5.91. The number of hydrogen-bond donors (Lipinski definition) is 1. The van der Waals surface area contributed by atoms with Crippen LogP contribution in [-0.4, -0.2) is 60.4 Å². The number of amides is 1. The summed E-state index contributed by atoms with van der Waals surface area (Å²) in [6, 6.07) is 15.7. The third-order valence-corrected chi connectivity index (χ3v) is 5.35. The minimum Gasteiger partial charge on any atom is -0.507 e. The summed E-state index contributed by atoms with van der Waals surface area (Å²) in [5.41, 5.74) is 1.37. The van der Waals surface area contributed by atoms with Crippen molar-refractivity contribution in [2.75, 3.05) is 33.8 Å². The van der Waals surface area contributed by atoms with Gasteiger partial charge in [0.25, 0.3) is 11.7 Å². The van der Waals surface area contributed by atoms with Crippen molar-refractivity contribution in [3.8, 4) is 5.75 Å². The lowest BCUT2D eigenvalue weighted by molar-refractivity contribution is -0.139. The van der Waals surface area contributed by atoms with Gasteiger partial charge in [-0.2, -0.15) is 0 Å². The van der Waals surface area contributed by atoms with Crippen molar-refractivity contribution in [3.05, 3.63) is 71.3 Å². The number of hydrogen-bond acceptors (Lipinski definition) is 5. The molecule has 2 aromatic rings. The Morgan fingerprint density at radius 3 is 2.47 bits per heavy atom. The fourth-order valence-corrected chi connectivity index (χ4v) is 3.80. The molecule has 1 aliphatic rings. The maximum Gasteiger partial charge on any atom is 0.295 e. The normalized spacial score (nSPS) is 18.1. The minimum absolute atomic E-state index is 0.118. The Balaban J connectivity index is 2.05. The summed E-state index contributed by atoms with van der Waals surface area (Å²) < 4.78 is 5.88. The van der Waals surface area contributed by atoms with Crippen molar-refractivity contribution >= 4 is 17.4 Å². The highest BCUT2D eigenvalue weighted by Gasteiger charge is 2.45. The first kappa shape index (κ1) is 23.5. The quantitative estimate of drug-likeness (QED) is 0.364. The number of aliphatic hydroxyl groups is 1. The molecule has 0 saturated carbocycles.